The molecule has 0 unspecified atom stereocenters. The van der Waals surface area contributed by atoms with Crippen molar-refractivity contribution in [3.05, 3.63) is 29.3 Å². The Morgan fingerprint density at radius 2 is 1.92 bits per heavy atom. The van der Waals surface area contributed by atoms with E-state index in [9.17, 15) is 9.59 Å². The standard InChI is InChI=1S/C18H28N2O4/c1-7-20(17(22)24-18(3,4)5)11-10-19-16(21)14-9-8-13(2)15(12-14)23-6/h8-9,12H,7,10-11H2,1-6H3,(H,19,21). The first-order chi connectivity index (χ1) is 11.2. The second-order valence-electron chi connectivity index (χ2n) is 6.50. The average molecular weight is 336 g/mol. The summed E-state index contributed by atoms with van der Waals surface area (Å²) in [5.41, 5.74) is 0.959. The number of likely N-dealkylation sites (N-methyl/N-ethyl adjacent to an activating group) is 1. The number of benzene rings is 1. The molecule has 0 bridgehead atoms. The molecular formula is C18H28N2O4. The van der Waals surface area contributed by atoms with Crippen molar-refractivity contribution in [2.75, 3.05) is 26.7 Å². The zero-order valence-corrected chi connectivity index (χ0v) is 15.4. The predicted molar refractivity (Wildman–Crippen MR) is 93.5 cm³/mol. The average Bonchev–Trinajstić information content (AvgIpc) is 2.50. The van der Waals surface area contributed by atoms with Gasteiger partial charge in [0.05, 0.1) is 7.11 Å². The Hall–Kier alpha value is -2.24. The molecule has 0 aliphatic carbocycles. The molecule has 0 aliphatic rings. The fourth-order valence-electron chi connectivity index (χ4n) is 2.07. The van der Waals surface area contributed by atoms with Gasteiger partial charge in [-0.25, -0.2) is 4.79 Å². The predicted octanol–water partition coefficient (Wildman–Crippen LogP) is 2.99. The molecule has 1 rings (SSSR count). The molecule has 0 heterocycles. The van der Waals surface area contributed by atoms with Crippen LogP contribution < -0.4 is 10.1 Å². The minimum Gasteiger partial charge on any atom is -0.496 e. The third-order valence-electron chi connectivity index (χ3n) is 3.37. The van der Waals surface area contributed by atoms with Crippen molar-refractivity contribution in [1.29, 1.82) is 0 Å². The lowest BCUT2D eigenvalue weighted by Crippen LogP contribution is -2.41. The lowest BCUT2D eigenvalue weighted by molar-refractivity contribution is 0.0261. The van der Waals surface area contributed by atoms with Crippen molar-refractivity contribution in [3.63, 3.8) is 0 Å². The SMILES string of the molecule is CCN(CCNC(=O)c1ccc(C)c(OC)c1)C(=O)OC(C)(C)C. The van der Waals surface area contributed by atoms with Crippen LogP contribution in [0.1, 0.15) is 43.6 Å². The zero-order valence-electron chi connectivity index (χ0n) is 15.4. The van der Waals surface area contributed by atoms with E-state index in [-0.39, 0.29) is 12.0 Å². The molecule has 0 aromatic heterocycles. The van der Waals surface area contributed by atoms with Crippen LogP contribution in [0.25, 0.3) is 0 Å². The van der Waals surface area contributed by atoms with Crippen LogP contribution in [0.4, 0.5) is 4.79 Å². The number of rotatable bonds is 6. The molecule has 134 valence electrons. The molecule has 1 aromatic rings. The number of ether oxygens (including phenoxy) is 2. The van der Waals surface area contributed by atoms with Gasteiger partial charge in [-0.1, -0.05) is 6.07 Å². The number of carbonyl (C=O) groups is 2. The largest absolute Gasteiger partial charge is 0.496 e. The van der Waals surface area contributed by atoms with Gasteiger partial charge in [0.15, 0.2) is 0 Å². The highest BCUT2D eigenvalue weighted by Gasteiger charge is 2.21. The van der Waals surface area contributed by atoms with Gasteiger partial charge in [0, 0.05) is 25.2 Å². The maximum absolute atomic E-state index is 12.2. The van der Waals surface area contributed by atoms with Crippen LogP contribution in [0.2, 0.25) is 0 Å². The van der Waals surface area contributed by atoms with Gasteiger partial charge in [-0.15, -0.1) is 0 Å². The molecule has 0 spiro atoms. The summed E-state index contributed by atoms with van der Waals surface area (Å²) >= 11 is 0. The summed E-state index contributed by atoms with van der Waals surface area (Å²) in [5.74, 6) is 0.472. The summed E-state index contributed by atoms with van der Waals surface area (Å²) in [4.78, 5) is 25.8. The molecule has 0 aliphatic heterocycles. The smallest absolute Gasteiger partial charge is 0.410 e. The van der Waals surface area contributed by atoms with Crippen LogP contribution >= 0.6 is 0 Å². The number of aryl methyl sites for hydroxylation is 1. The van der Waals surface area contributed by atoms with Gasteiger partial charge in [-0.3, -0.25) is 4.79 Å². The van der Waals surface area contributed by atoms with Crippen LogP contribution in [-0.2, 0) is 4.74 Å². The number of amides is 2. The molecule has 1 aromatic carbocycles. The summed E-state index contributed by atoms with van der Waals surface area (Å²) in [5, 5.41) is 2.81. The Morgan fingerprint density at radius 3 is 2.46 bits per heavy atom. The monoisotopic (exact) mass is 336 g/mol. The normalized spacial score (nSPS) is 10.9. The maximum Gasteiger partial charge on any atom is 0.410 e. The summed E-state index contributed by atoms with van der Waals surface area (Å²) < 4.78 is 10.6. The second kappa shape index (κ2) is 8.57. The third kappa shape index (κ3) is 6.10. The molecular weight excluding hydrogens is 308 g/mol. The van der Waals surface area contributed by atoms with Crippen molar-refractivity contribution >= 4 is 12.0 Å². The first-order valence-electron chi connectivity index (χ1n) is 8.08. The Morgan fingerprint density at radius 1 is 1.25 bits per heavy atom. The Labute approximate surface area is 144 Å². The minimum atomic E-state index is -0.536. The molecule has 6 heteroatoms. The highest BCUT2D eigenvalue weighted by Crippen LogP contribution is 2.18. The van der Waals surface area contributed by atoms with Crippen molar-refractivity contribution in [1.82, 2.24) is 10.2 Å². The van der Waals surface area contributed by atoms with Crippen LogP contribution in [0.5, 0.6) is 5.75 Å². The van der Waals surface area contributed by atoms with Gasteiger partial charge < -0.3 is 19.7 Å². The number of hydrogen-bond acceptors (Lipinski definition) is 4. The minimum absolute atomic E-state index is 0.200. The van der Waals surface area contributed by atoms with Crippen LogP contribution in [0.3, 0.4) is 0 Å². The van der Waals surface area contributed by atoms with E-state index in [0.29, 0.717) is 30.9 Å². The van der Waals surface area contributed by atoms with Gasteiger partial charge in [0.1, 0.15) is 11.4 Å². The Kier molecular flexibility index (Phi) is 7.07. The number of carbonyl (C=O) groups excluding carboxylic acids is 2. The first-order valence-corrected chi connectivity index (χ1v) is 8.08. The van der Waals surface area contributed by atoms with E-state index in [2.05, 4.69) is 5.32 Å². The van der Waals surface area contributed by atoms with Crippen molar-refractivity contribution in [2.24, 2.45) is 0 Å². The fourth-order valence-corrected chi connectivity index (χ4v) is 2.07. The maximum atomic E-state index is 12.2. The quantitative estimate of drug-likeness (QED) is 0.867. The fraction of sp³-hybridized carbons (Fsp3) is 0.556. The second-order valence-corrected chi connectivity index (χ2v) is 6.50. The van der Waals surface area contributed by atoms with E-state index in [0.717, 1.165) is 5.56 Å². The molecule has 6 nitrogen and oxygen atoms in total. The lowest BCUT2D eigenvalue weighted by atomic mass is 10.1. The van der Waals surface area contributed by atoms with Gasteiger partial charge in [0.2, 0.25) is 0 Å². The van der Waals surface area contributed by atoms with Gasteiger partial charge in [0.25, 0.3) is 5.91 Å². The molecule has 1 N–H and O–H groups in total. The van der Waals surface area contributed by atoms with E-state index in [1.807, 2.05) is 40.7 Å². The Balaban J connectivity index is 2.56. The van der Waals surface area contributed by atoms with Crippen molar-refractivity contribution in [2.45, 2.75) is 40.2 Å². The molecule has 2 amide bonds. The van der Waals surface area contributed by atoms with Crippen molar-refractivity contribution in [3.8, 4) is 5.75 Å². The lowest BCUT2D eigenvalue weighted by Gasteiger charge is -2.26. The molecule has 0 saturated heterocycles. The number of hydrogen-bond donors (Lipinski definition) is 1. The highest BCUT2D eigenvalue weighted by molar-refractivity contribution is 5.94. The molecule has 24 heavy (non-hydrogen) atoms. The molecule has 0 radical (unpaired) electrons. The summed E-state index contributed by atoms with van der Waals surface area (Å²) in [6.45, 7) is 10.5. The number of nitrogens with zero attached hydrogens (tertiary/aromatic N) is 1. The van der Waals surface area contributed by atoms with Gasteiger partial charge >= 0.3 is 6.09 Å². The van der Waals surface area contributed by atoms with Crippen LogP contribution in [-0.4, -0.2) is 49.2 Å². The highest BCUT2D eigenvalue weighted by atomic mass is 16.6. The van der Waals surface area contributed by atoms with E-state index >= 15 is 0 Å². The summed E-state index contributed by atoms with van der Waals surface area (Å²) in [6, 6.07) is 5.29. The first kappa shape index (κ1) is 19.8. The van der Waals surface area contributed by atoms with Crippen molar-refractivity contribution < 1.29 is 19.1 Å². The topological polar surface area (TPSA) is 67.9 Å². The third-order valence-corrected chi connectivity index (χ3v) is 3.37. The van der Waals surface area contributed by atoms with E-state index in [1.54, 1.807) is 24.1 Å². The summed E-state index contributed by atoms with van der Waals surface area (Å²) in [6.07, 6.45) is -0.378. The summed E-state index contributed by atoms with van der Waals surface area (Å²) in [7, 11) is 1.57. The molecule has 0 atom stereocenters. The van der Waals surface area contributed by atoms with E-state index in [4.69, 9.17) is 9.47 Å². The zero-order chi connectivity index (χ0) is 18.3. The number of nitrogens with one attached hydrogen (secondary N) is 1. The van der Waals surface area contributed by atoms with Crippen LogP contribution in [0, 0.1) is 6.92 Å². The van der Waals surface area contributed by atoms with Gasteiger partial charge in [-0.05, 0) is 52.3 Å². The van der Waals surface area contributed by atoms with Gasteiger partial charge in [-0.2, -0.15) is 0 Å². The number of methoxy groups -OCH3 is 1. The van der Waals surface area contributed by atoms with E-state index in [1.165, 1.54) is 0 Å². The van der Waals surface area contributed by atoms with E-state index < -0.39 is 5.60 Å². The molecule has 0 saturated carbocycles. The Bertz CT molecular complexity index is 579. The van der Waals surface area contributed by atoms with Crippen LogP contribution in [0.15, 0.2) is 18.2 Å². The molecule has 0 fully saturated rings.